The van der Waals surface area contributed by atoms with Gasteiger partial charge in [0.1, 0.15) is 11.3 Å². The van der Waals surface area contributed by atoms with Gasteiger partial charge in [-0.25, -0.2) is 9.67 Å². The average Bonchev–Trinajstić information content (AvgIpc) is 3.12. The number of para-hydroxylation sites is 1. The minimum atomic E-state index is -0.604. The van der Waals surface area contributed by atoms with E-state index in [1.165, 1.54) is 0 Å². The maximum Gasteiger partial charge on any atom is 0.295 e. The lowest BCUT2D eigenvalue weighted by Gasteiger charge is -2.25. The van der Waals surface area contributed by atoms with Gasteiger partial charge in [0, 0.05) is 43.1 Å². The highest BCUT2D eigenvalue weighted by Gasteiger charge is 2.28. The number of carbonyl (C=O) groups is 2. The van der Waals surface area contributed by atoms with Crippen molar-refractivity contribution in [3.05, 3.63) is 68.7 Å². The molecule has 2 amide bonds. The van der Waals surface area contributed by atoms with Crippen molar-refractivity contribution < 1.29 is 14.3 Å². The summed E-state index contributed by atoms with van der Waals surface area (Å²) in [4.78, 5) is 46.1. The van der Waals surface area contributed by atoms with Gasteiger partial charge in [0.15, 0.2) is 0 Å². The average molecular weight is 616 g/mol. The van der Waals surface area contributed by atoms with Gasteiger partial charge in [-0.3, -0.25) is 19.1 Å². The lowest BCUT2D eigenvalue weighted by molar-refractivity contribution is -0.118. The molecule has 1 unspecified atom stereocenters. The first-order valence-electron chi connectivity index (χ1n) is 13.2. The number of anilines is 1. The van der Waals surface area contributed by atoms with Gasteiger partial charge in [-0.05, 0) is 60.6 Å². The van der Waals surface area contributed by atoms with E-state index in [0.29, 0.717) is 28.9 Å². The van der Waals surface area contributed by atoms with Crippen molar-refractivity contribution in [3.63, 3.8) is 0 Å². The maximum absolute atomic E-state index is 13.6. The highest BCUT2D eigenvalue weighted by molar-refractivity contribution is 9.10. The number of rotatable bonds is 12. The number of ether oxygens (including phenoxy) is 1. The molecule has 0 aliphatic heterocycles. The van der Waals surface area contributed by atoms with Gasteiger partial charge in [-0.2, -0.15) is 0 Å². The lowest BCUT2D eigenvalue weighted by Crippen LogP contribution is -2.37. The first-order valence-corrected chi connectivity index (χ1v) is 14.0. The van der Waals surface area contributed by atoms with Gasteiger partial charge in [0.2, 0.25) is 11.8 Å². The lowest BCUT2D eigenvalue weighted by atomic mass is 9.88. The van der Waals surface area contributed by atoms with Crippen LogP contribution in [0.1, 0.15) is 56.1 Å². The number of nitrogens with one attached hydrogen (secondary N) is 2. The van der Waals surface area contributed by atoms with Crippen LogP contribution in [0, 0.1) is 5.41 Å². The number of hydrogen-bond donors (Lipinski definition) is 2. The van der Waals surface area contributed by atoms with Crippen molar-refractivity contribution in [2.24, 2.45) is 12.5 Å². The normalized spacial score (nSPS) is 12.3. The summed E-state index contributed by atoms with van der Waals surface area (Å²) < 4.78 is 9.54. The summed E-state index contributed by atoms with van der Waals surface area (Å²) in [5.74, 6) is -0.436. The van der Waals surface area contributed by atoms with E-state index in [4.69, 9.17) is 4.74 Å². The quantitative estimate of drug-likeness (QED) is 0.317. The number of benzene rings is 1. The molecule has 3 aromatic rings. The van der Waals surface area contributed by atoms with Crippen LogP contribution in [-0.4, -0.2) is 64.9 Å². The fourth-order valence-electron chi connectivity index (χ4n) is 4.73. The van der Waals surface area contributed by atoms with Gasteiger partial charge in [-0.1, -0.05) is 39.0 Å². The Bertz CT molecular complexity index is 1400. The van der Waals surface area contributed by atoms with Gasteiger partial charge in [0.25, 0.3) is 11.5 Å². The van der Waals surface area contributed by atoms with E-state index in [2.05, 4.69) is 31.5 Å². The minimum absolute atomic E-state index is 0.0291. The van der Waals surface area contributed by atoms with Gasteiger partial charge in [0.05, 0.1) is 18.0 Å². The summed E-state index contributed by atoms with van der Waals surface area (Å²) in [7, 11) is 5.77. The molecule has 2 heterocycles. The van der Waals surface area contributed by atoms with Crippen molar-refractivity contribution in [1.29, 1.82) is 0 Å². The molecular formula is C29H39BrN6O4. The van der Waals surface area contributed by atoms with Crippen LogP contribution in [-0.2, 0) is 11.8 Å². The van der Waals surface area contributed by atoms with Crippen LogP contribution >= 0.6 is 15.9 Å². The zero-order chi connectivity index (χ0) is 29.6. The second-order valence-corrected chi connectivity index (χ2v) is 11.8. The Balaban J connectivity index is 1.80. The summed E-state index contributed by atoms with van der Waals surface area (Å²) in [5.41, 5.74) is 1.14. The third-order valence-electron chi connectivity index (χ3n) is 6.39. The Hall–Kier alpha value is -3.44. The molecule has 40 heavy (non-hydrogen) atoms. The SMILES string of the molecule is CCOc1ncc(Br)cc1C(=O)NCC(C)(C)CC(=O)Nc1c(C(C)CN(C)C)n(C)n(-c2ccccc2)c1=O. The van der Waals surface area contributed by atoms with Gasteiger partial charge < -0.3 is 20.3 Å². The summed E-state index contributed by atoms with van der Waals surface area (Å²) in [6.07, 6.45) is 1.66. The molecule has 0 aliphatic carbocycles. The molecule has 0 bridgehead atoms. The van der Waals surface area contributed by atoms with Gasteiger partial charge in [-0.15, -0.1) is 0 Å². The summed E-state index contributed by atoms with van der Waals surface area (Å²) in [5, 5.41) is 5.81. The van der Waals surface area contributed by atoms with E-state index in [1.807, 2.05) is 88.8 Å². The molecule has 0 radical (unpaired) electrons. The van der Waals surface area contributed by atoms with Crippen molar-refractivity contribution in [2.75, 3.05) is 39.1 Å². The van der Waals surface area contributed by atoms with Crippen LogP contribution in [0.15, 0.2) is 51.9 Å². The Kier molecular flexibility index (Phi) is 10.3. The number of amides is 2. The van der Waals surface area contributed by atoms with Crippen molar-refractivity contribution in [2.45, 2.75) is 40.0 Å². The number of nitrogens with zero attached hydrogens (tertiary/aromatic N) is 4. The molecule has 3 rings (SSSR count). The third-order valence-corrected chi connectivity index (χ3v) is 6.83. The molecule has 11 heteroatoms. The Morgan fingerprint density at radius 3 is 2.50 bits per heavy atom. The fraction of sp³-hybridized carbons (Fsp3) is 0.448. The van der Waals surface area contributed by atoms with E-state index in [0.717, 1.165) is 5.69 Å². The van der Waals surface area contributed by atoms with E-state index in [-0.39, 0.29) is 47.8 Å². The van der Waals surface area contributed by atoms with Crippen molar-refractivity contribution in [1.82, 2.24) is 24.6 Å². The van der Waals surface area contributed by atoms with E-state index in [1.54, 1.807) is 16.9 Å². The minimum Gasteiger partial charge on any atom is -0.477 e. The zero-order valence-corrected chi connectivity index (χ0v) is 25.8. The van der Waals surface area contributed by atoms with Crippen LogP contribution in [0.5, 0.6) is 5.88 Å². The monoisotopic (exact) mass is 614 g/mol. The largest absolute Gasteiger partial charge is 0.477 e. The number of hydrogen-bond acceptors (Lipinski definition) is 6. The molecule has 0 fully saturated rings. The fourth-order valence-corrected chi connectivity index (χ4v) is 5.07. The standard InChI is InChI=1S/C29H39BrN6O4/c1-8-40-27-22(14-20(30)16-31-27)26(38)32-18-29(3,4)15-23(37)33-24-25(19(2)17-34(5)6)35(7)36(28(24)39)21-12-10-9-11-13-21/h9-14,16,19H,8,15,17-18H2,1-7H3,(H,32,38)(H,33,37). The Morgan fingerprint density at radius 1 is 1.20 bits per heavy atom. The summed E-state index contributed by atoms with van der Waals surface area (Å²) in [6, 6.07) is 11.0. The highest BCUT2D eigenvalue weighted by Crippen LogP contribution is 2.27. The number of halogens is 1. The van der Waals surface area contributed by atoms with E-state index >= 15 is 0 Å². The Morgan fingerprint density at radius 2 is 1.88 bits per heavy atom. The highest BCUT2D eigenvalue weighted by atomic mass is 79.9. The molecule has 0 saturated carbocycles. The van der Waals surface area contributed by atoms with Gasteiger partial charge >= 0.3 is 0 Å². The van der Waals surface area contributed by atoms with E-state index < -0.39 is 5.41 Å². The molecule has 1 aromatic carbocycles. The van der Waals surface area contributed by atoms with Crippen LogP contribution in [0.4, 0.5) is 5.69 Å². The van der Waals surface area contributed by atoms with Crippen LogP contribution in [0.2, 0.25) is 0 Å². The summed E-state index contributed by atoms with van der Waals surface area (Å²) in [6.45, 7) is 8.93. The smallest absolute Gasteiger partial charge is 0.295 e. The van der Waals surface area contributed by atoms with Crippen molar-refractivity contribution >= 4 is 33.4 Å². The van der Waals surface area contributed by atoms with Crippen molar-refractivity contribution in [3.8, 4) is 11.6 Å². The first kappa shape index (κ1) is 31.1. The molecule has 1 atom stereocenters. The molecular weight excluding hydrogens is 576 g/mol. The predicted molar refractivity (Wildman–Crippen MR) is 160 cm³/mol. The topological polar surface area (TPSA) is 110 Å². The number of aromatic nitrogens is 3. The molecule has 10 nitrogen and oxygen atoms in total. The number of carbonyl (C=O) groups excluding carboxylic acids is 2. The van der Waals surface area contributed by atoms with Crippen LogP contribution in [0.3, 0.4) is 0 Å². The third kappa shape index (κ3) is 7.60. The molecule has 2 aromatic heterocycles. The first-order chi connectivity index (χ1) is 18.8. The Labute approximate surface area is 243 Å². The molecule has 216 valence electrons. The molecule has 0 saturated heterocycles. The number of pyridine rings is 1. The molecule has 0 spiro atoms. The molecule has 2 N–H and O–H groups in total. The predicted octanol–water partition coefficient (Wildman–Crippen LogP) is 4.18. The second-order valence-electron chi connectivity index (χ2n) is 10.9. The second kappa shape index (κ2) is 13.3. The summed E-state index contributed by atoms with van der Waals surface area (Å²) >= 11 is 3.34. The van der Waals surface area contributed by atoms with Crippen LogP contribution in [0.25, 0.3) is 5.69 Å². The number of likely N-dealkylation sites (N-methyl/N-ethyl adjacent to an activating group) is 1. The van der Waals surface area contributed by atoms with E-state index in [9.17, 15) is 14.4 Å². The van der Waals surface area contributed by atoms with Crippen LogP contribution < -0.4 is 20.9 Å². The maximum atomic E-state index is 13.6. The molecule has 0 aliphatic rings. The zero-order valence-electron chi connectivity index (χ0n) is 24.2.